The van der Waals surface area contributed by atoms with Crippen molar-refractivity contribution < 1.29 is 9.47 Å². The summed E-state index contributed by atoms with van der Waals surface area (Å²) in [5.41, 5.74) is 0. The molecule has 3 rings (SSSR count). The van der Waals surface area contributed by atoms with Crippen molar-refractivity contribution in [1.29, 1.82) is 0 Å². The van der Waals surface area contributed by atoms with Gasteiger partial charge >= 0.3 is 0 Å². The first-order chi connectivity index (χ1) is 13.7. The van der Waals surface area contributed by atoms with E-state index in [9.17, 15) is 0 Å². The SMILES string of the molecule is CN=C(NCC1(Sc2ccccc2)CCCC1)N1CCC(COCCOC)C1. The van der Waals surface area contributed by atoms with Crippen LogP contribution in [0.3, 0.4) is 0 Å². The average molecular weight is 406 g/mol. The number of hydrogen-bond donors (Lipinski definition) is 1. The van der Waals surface area contributed by atoms with Crippen LogP contribution in [0.5, 0.6) is 0 Å². The number of guanidine groups is 1. The molecule has 1 atom stereocenters. The van der Waals surface area contributed by atoms with Gasteiger partial charge in [-0.25, -0.2) is 0 Å². The molecule has 2 fully saturated rings. The largest absolute Gasteiger partial charge is 0.382 e. The minimum absolute atomic E-state index is 0.277. The van der Waals surface area contributed by atoms with Crippen LogP contribution in [0.2, 0.25) is 0 Å². The molecule has 0 radical (unpaired) electrons. The maximum Gasteiger partial charge on any atom is 0.193 e. The van der Waals surface area contributed by atoms with E-state index in [1.54, 1.807) is 7.11 Å². The van der Waals surface area contributed by atoms with E-state index in [0.717, 1.165) is 38.6 Å². The Hall–Kier alpha value is -1.24. The topological polar surface area (TPSA) is 46.1 Å². The summed E-state index contributed by atoms with van der Waals surface area (Å²) in [4.78, 5) is 8.33. The summed E-state index contributed by atoms with van der Waals surface area (Å²) in [7, 11) is 3.61. The first-order valence-electron chi connectivity index (χ1n) is 10.5. The van der Waals surface area contributed by atoms with Crippen LogP contribution in [-0.2, 0) is 9.47 Å². The number of nitrogens with zero attached hydrogens (tertiary/aromatic N) is 2. The number of nitrogens with one attached hydrogen (secondary N) is 1. The Labute approximate surface area is 174 Å². The third-order valence-corrected chi connectivity index (χ3v) is 7.24. The van der Waals surface area contributed by atoms with Gasteiger partial charge in [0.1, 0.15) is 0 Å². The van der Waals surface area contributed by atoms with Crippen LogP contribution in [0.4, 0.5) is 0 Å². The summed E-state index contributed by atoms with van der Waals surface area (Å²) >= 11 is 2.04. The van der Waals surface area contributed by atoms with Crippen molar-refractivity contribution in [2.24, 2.45) is 10.9 Å². The lowest BCUT2D eigenvalue weighted by Gasteiger charge is -2.31. The van der Waals surface area contributed by atoms with Crippen LogP contribution < -0.4 is 5.32 Å². The lowest BCUT2D eigenvalue weighted by Crippen LogP contribution is -2.46. The van der Waals surface area contributed by atoms with Gasteiger partial charge in [-0.1, -0.05) is 31.0 Å². The zero-order chi connectivity index (χ0) is 19.7. The standard InChI is InChI=1S/C22H35N3O2S/c1-23-21(25-13-10-19(16-25)17-27-15-14-26-2)24-18-22(11-6-7-12-22)28-20-8-4-3-5-9-20/h3-5,8-9,19H,6-7,10-18H2,1-2H3,(H,23,24). The zero-order valence-electron chi connectivity index (χ0n) is 17.4. The lowest BCUT2D eigenvalue weighted by molar-refractivity contribution is 0.0536. The third kappa shape index (κ3) is 6.13. The van der Waals surface area contributed by atoms with Crippen LogP contribution in [0, 0.1) is 5.92 Å². The molecule has 156 valence electrons. The maximum atomic E-state index is 5.73. The second kappa shape index (κ2) is 11.1. The van der Waals surface area contributed by atoms with Crippen LogP contribution in [-0.4, -0.2) is 69.2 Å². The summed E-state index contributed by atoms with van der Waals surface area (Å²) in [6, 6.07) is 10.8. The number of rotatable bonds is 9. The van der Waals surface area contributed by atoms with E-state index in [-0.39, 0.29) is 4.75 Å². The Kier molecular flexibility index (Phi) is 8.49. The fraction of sp³-hybridized carbons (Fsp3) is 0.682. The molecule has 1 saturated heterocycles. The van der Waals surface area contributed by atoms with Gasteiger partial charge in [0.05, 0.1) is 19.8 Å². The molecule has 0 amide bonds. The van der Waals surface area contributed by atoms with Crippen molar-refractivity contribution in [3.63, 3.8) is 0 Å². The minimum atomic E-state index is 0.277. The van der Waals surface area contributed by atoms with Crippen molar-refractivity contribution >= 4 is 17.7 Å². The molecule has 0 spiro atoms. The van der Waals surface area contributed by atoms with Gasteiger partial charge in [0.15, 0.2) is 5.96 Å². The summed E-state index contributed by atoms with van der Waals surface area (Å²) in [6.07, 6.45) is 6.35. The molecule has 1 heterocycles. The Bertz CT molecular complexity index is 605. The Morgan fingerprint density at radius 3 is 2.75 bits per heavy atom. The second-order valence-corrected chi connectivity index (χ2v) is 9.42. The van der Waals surface area contributed by atoms with Gasteiger partial charge < -0.3 is 19.7 Å². The molecule has 0 aromatic heterocycles. The first kappa shape index (κ1) is 21.5. The highest BCUT2D eigenvalue weighted by Crippen LogP contribution is 2.44. The molecule has 1 saturated carbocycles. The van der Waals surface area contributed by atoms with Gasteiger partial charge in [-0.15, -0.1) is 11.8 Å². The molecule has 1 aliphatic heterocycles. The quantitative estimate of drug-likeness (QED) is 0.386. The highest BCUT2D eigenvalue weighted by Gasteiger charge is 2.36. The zero-order valence-corrected chi connectivity index (χ0v) is 18.2. The summed E-state index contributed by atoms with van der Waals surface area (Å²) in [5.74, 6) is 1.62. The van der Waals surface area contributed by atoms with E-state index in [0.29, 0.717) is 19.1 Å². The van der Waals surface area contributed by atoms with Crippen molar-refractivity contribution in [1.82, 2.24) is 10.2 Å². The predicted octanol–water partition coefficient (Wildman–Crippen LogP) is 3.65. The smallest absolute Gasteiger partial charge is 0.193 e. The molecule has 1 aromatic carbocycles. The third-order valence-electron chi connectivity index (χ3n) is 5.74. The Morgan fingerprint density at radius 1 is 1.25 bits per heavy atom. The number of benzene rings is 1. The van der Waals surface area contributed by atoms with Gasteiger partial charge in [0.25, 0.3) is 0 Å². The van der Waals surface area contributed by atoms with Crippen LogP contribution in [0.15, 0.2) is 40.2 Å². The van der Waals surface area contributed by atoms with Gasteiger partial charge in [-0.05, 0) is 31.4 Å². The van der Waals surface area contributed by atoms with Crippen molar-refractivity contribution in [3.05, 3.63) is 30.3 Å². The molecule has 0 bridgehead atoms. The lowest BCUT2D eigenvalue weighted by atomic mass is 10.1. The van der Waals surface area contributed by atoms with Crippen LogP contribution in [0.1, 0.15) is 32.1 Å². The van der Waals surface area contributed by atoms with Crippen molar-refractivity contribution in [3.8, 4) is 0 Å². The fourth-order valence-corrected chi connectivity index (χ4v) is 5.63. The molecule has 1 aromatic rings. The molecular weight excluding hydrogens is 370 g/mol. The van der Waals surface area contributed by atoms with E-state index in [1.807, 2.05) is 18.8 Å². The van der Waals surface area contributed by atoms with Gasteiger partial charge in [0.2, 0.25) is 0 Å². The average Bonchev–Trinajstić information content (AvgIpc) is 3.37. The van der Waals surface area contributed by atoms with E-state index in [1.165, 1.54) is 30.6 Å². The van der Waals surface area contributed by atoms with E-state index >= 15 is 0 Å². The molecular formula is C22H35N3O2S. The van der Waals surface area contributed by atoms with Crippen molar-refractivity contribution in [2.45, 2.75) is 41.7 Å². The molecule has 6 heteroatoms. The monoisotopic (exact) mass is 405 g/mol. The molecule has 1 aliphatic carbocycles. The maximum absolute atomic E-state index is 5.73. The number of thioether (sulfide) groups is 1. The van der Waals surface area contributed by atoms with Gasteiger partial charge in [0, 0.05) is 49.4 Å². The molecule has 28 heavy (non-hydrogen) atoms. The Balaban J connectivity index is 1.50. The molecule has 1 unspecified atom stereocenters. The number of hydrogen-bond acceptors (Lipinski definition) is 4. The predicted molar refractivity (Wildman–Crippen MR) is 117 cm³/mol. The van der Waals surface area contributed by atoms with E-state index < -0.39 is 0 Å². The highest BCUT2D eigenvalue weighted by molar-refractivity contribution is 8.00. The normalized spacial score (nSPS) is 22.0. The number of methoxy groups -OCH3 is 1. The van der Waals surface area contributed by atoms with Crippen LogP contribution >= 0.6 is 11.8 Å². The van der Waals surface area contributed by atoms with E-state index in [4.69, 9.17) is 9.47 Å². The summed E-state index contributed by atoms with van der Waals surface area (Å²) in [5, 5.41) is 3.71. The molecule has 2 aliphatic rings. The highest BCUT2D eigenvalue weighted by atomic mass is 32.2. The second-order valence-electron chi connectivity index (χ2n) is 7.87. The summed E-state index contributed by atoms with van der Waals surface area (Å²) in [6.45, 7) is 5.21. The Morgan fingerprint density at radius 2 is 2.04 bits per heavy atom. The minimum Gasteiger partial charge on any atom is -0.382 e. The first-order valence-corrected chi connectivity index (χ1v) is 11.3. The number of ether oxygens (including phenoxy) is 2. The van der Waals surface area contributed by atoms with Crippen molar-refractivity contribution in [2.75, 3.05) is 53.6 Å². The van der Waals surface area contributed by atoms with Crippen LogP contribution in [0.25, 0.3) is 0 Å². The molecule has 5 nitrogen and oxygen atoms in total. The van der Waals surface area contributed by atoms with E-state index in [2.05, 4.69) is 45.5 Å². The van der Waals surface area contributed by atoms with Gasteiger partial charge in [-0.3, -0.25) is 4.99 Å². The molecule has 1 N–H and O–H groups in total. The fourth-order valence-electron chi connectivity index (χ4n) is 4.20. The van der Waals surface area contributed by atoms with Gasteiger partial charge in [-0.2, -0.15) is 0 Å². The number of likely N-dealkylation sites (tertiary alicyclic amines) is 1. The summed E-state index contributed by atoms with van der Waals surface area (Å²) < 4.78 is 11.1. The number of aliphatic imine (C=N–C) groups is 1.